The lowest BCUT2D eigenvalue weighted by molar-refractivity contribution is 0.180. The molecule has 10 bridgehead atoms. The Balaban J connectivity index is 0.000000128. The molecule has 16 unspecified atom stereocenters. The molecule has 0 N–H and O–H groups in total. The lowest BCUT2D eigenvalue weighted by Crippen LogP contribution is -2.65. The van der Waals surface area contributed by atoms with Gasteiger partial charge in [0.05, 0.1) is 6.61 Å². The van der Waals surface area contributed by atoms with E-state index in [0.29, 0.717) is 35.4 Å². The van der Waals surface area contributed by atoms with Crippen molar-refractivity contribution in [3.05, 3.63) is 212 Å². The molecule has 10 aliphatic carbocycles. The van der Waals surface area contributed by atoms with Crippen LogP contribution in [0.3, 0.4) is 0 Å². The van der Waals surface area contributed by atoms with Crippen LogP contribution in [0.1, 0.15) is 89.5 Å². The molecular weight excluding hydrogens is 1400 g/mol. The van der Waals surface area contributed by atoms with Gasteiger partial charge in [0, 0.05) is 32.4 Å². The monoisotopic (exact) mass is 1520 g/mol. The first-order chi connectivity index (χ1) is 49.1. The third-order valence-electron chi connectivity index (χ3n) is 25.9. The van der Waals surface area contributed by atoms with Crippen LogP contribution in [0.15, 0.2) is 206 Å². The van der Waals surface area contributed by atoms with E-state index in [2.05, 4.69) is 298 Å². The molecule has 0 amide bonds. The minimum atomic E-state index is -2.95. The molecule has 0 radical (unpaired) electrons. The fraction of sp³-hybridized carbons (Fsp3) is 0.517. The summed E-state index contributed by atoms with van der Waals surface area (Å²) in [6.07, 6.45) is 40.4. The summed E-state index contributed by atoms with van der Waals surface area (Å²) in [5, 5.41) is 9.07. The maximum Gasteiger partial charge on any atom is 0.484 e. The van der Waals surface area contributed by atoms with Gasteiger partial charge < -0.3 is 34.2 Å². The van der Waals surface area contributed by atoms with Crippen molar-refractivity contribution in [2.24, 2.45) is 65.1 Å². The fourth-order valence-corrected chi connectivity index (χ4v) is 52.5. The zero-order valence-corrected chi connectivity index (χ0v) is 73.7. The molecule has 16 rings (SSSR count). The van der Waals surface area contributed by atoms with Crippen molar-refractivity contribution in [2.45, 2.75) is 198 Å². The summed E-state index contributed by atoms with van der Waals surface area (Å²) in [7, 11) is -11.3. The first-order valence-corrected chi connectivity index (χ1v) is 61.3. The number of fused-ring (bicyclic) bond motifs is 12. The van der Waals surface area contributed by atoms with Gasteiger partial charge in [-0.1, -0.05) is 220 Å². The number of hydrogen-bond donors (Lipinski definition) is 0. The molecule has 6 aromatic carbocycles. The van der Waals surface area contributed by atoms with Crippen LogP contribution in [-0.2, 0) is 40.8 Å². The Hall–Kier alpha value is -4.04. The largest absolute Gasteiger partial charge is 0.484 e. The average Bonchev–Trinajstić information content (AvgIpc) is 1.78. The maximum absolute atomic E-state index is 7.19. The molecule has 10 aliphatic rings. The van der Waals surface area contributed by atoms with E-state index in [1.165, 1.54) is 113 Å². The highest BCUT2D eigenvalue weighted by molar-refractivity contribution is 6.95. The van der Waals surface area contributed by atoms with Gasteiger partial charge in [0.1, 0.15) is 0 Å². The highest BCUT2D eigenvalue weighted by Gasteiger charge is 2.61. The van der Waals surface area contributed by atoms with E-state index in [4.69, 9.17) is 34.2 Å². The Morgan fingerprint density at radius 3 is 1.07 bits per heavy atom. The number of benzene rings is 6. The molecule has 0 heterocycles. The van der Waals surface area contributed by atoms with Crippen molar-refractivity contribution in [3.8, 4) is 0 Å². The van der Waals surface area contributed by atoms with Crippen molar-refractivity contribution in [3.63, 3.8) is 0 Å². The molecule has 6 aromatic rings. The van der Waals surface area contributed by atoms with Crippen molar-refractivity contribution in [1.29, 1.82) is 0 Å². The van der Waals surface area contributed by atoms with E-state index in [9.17, 15) is 0 Å². The maximum atomic E-state index is 7.19. The Kier molecular flexibility index (Phi) is 24.9. The van der Waals surface area contributed by atoms with Gasteiger partial charge in [0.15, 0.2) is 16.6 Å². The van der Waals surface area contributed by atoms with Crippen molar-refractivity contribution >= 4 is 105 Å². The van der Waals surface area contributed by atoms with Gasteiger partial charge >= 0.3 is 25.9 Å². The van der Waals surface area contributed by atoms with E-state index in [-0.39, 0.29) is 0 Å². The van der Waals surface area contributed by atoms with Crippen LogP contribution in [0.2, 0.25) is 107 Å². The van der Waals surface area contributed by atoms with Crippen LogP contribution >= 0.6 is 0 Å². The van der Waals surface area contributed by atoms with Crippen LogP contribution in [0.25, 0.3) is 21.5 Å². The fourth-order valence-electron chi connectivity index (χ4n) is 20.3. The molecule has 5 fully saturated rings. The van der Waals surface area contributed by atoms with Crippen LogP contribution < -0.4 is 15.6 Å². The summed E-state index contributed by atoms with van der Waals surface area (Å²) in [5.41, 5.74) is 3.88. The Morgan fingerprint density at radius 2 is 0.709 bits per heavy atom. The molecule has 0 aromatic heterocycles. The Labute approximate surface area is 630 Å². The zero-order chi connectivity index (χ0) is 73.2. The lowest BCUT2D eigenvalue weighted by Gasteiger charge is -2.45. The third-order valence-corrected chi connectivity index (χ3v) is 57.0. The van der Waals surface area contributed by atoms with E-state index in [0.717, 1.165) is 64.8 Å². The molecule has 0 saturated heterocycles. The summed E-state index contributed by atoms with van der Waals surface area (Å²) in [4.78, 5) is 0. The second kappa shape index (κ2) is 32.6. The predicted octanol–water partition coefficient (Wildman–Crippen LogP) is 21.8. The SMILES string of the molecule is CCCC1CC2C=CC1C2.CO[Si](C)(C)C1CC2C=CC1C2.CO[Si](C)(O[Si](C)(C)c1ccccc1)C1CC2C=CC1C2.CO[Si](O[Si](C)(C)c1ccccc1)(O[Si](C)(C)c1ccccc1)C1CC2C=CC1C2.C[Si](C)(OCc1c2ccccc2cc2ccccc12)O[Si](C)(C)C1CC2C=CC1C2. The molecule has 0 aliphatic heterocycles. The molecule has 16 heteroatoms. The quantitative estimate of drug-likeness (QED) is 0.0357. The van der Waals surface area contributed by atoms with Crippen LogP contribution in [-0.4, -0.2) is 88.8 Å². The molecular formula is C87H126O8Si8. The molecule has 5 saturated carbocycles. The summed E-state index contributed by atoms with van der Waals surface area (Å²) in [6, 6.07) is 51.6. The highest BCUT2D eigenvalue weighted by atomic mass is 28.5. The van der Waals surface area contributed by atoms with Crippen LogP contribution in [0.5, 0.6) is 0 Å². The van der Waals surface area contributed by atoms with Crippen molar-refractivity contribution in [1.82, 2.24) is 0 Å². The molecule has 16 atom stereocenters. The number of allylic oxidation sites excluding steroid dienone is 10. The number of rotatable bonds is 23. The van der Waals surface area contributed by atoms with E-state index < -0.39 is 67.5 Å². The van der Waals surface area contributed by atoms with Gasteiger partial charge in [-0.05, 0) is 274 Å². The van der Waals surface area contributed by atoms with Crippen LogP contribution in [0, 0.1) is 65.1 Å². The molecule has 554 valence electrons. The van der Waals surface area contributed by atoms with E-state index in [1.54, 1.807) is 0 Å². The standard InChI is InChI=1S/C26H32O2Si2.C24H34O3Si3.C17H26O2Si2.C10H18OSi.C10H16/c1-29(2,26-16-19-13-14-22(26)15-19)28-30(3,4)27-18-25-23-11-7-5-9-20(23)17-21-10-6-8-12-24(21)25;1-25-30(24-19-20-16-17-21(24)18-20,26-28(2,3)22-12-8-6-9-13-22)27-29(4,5)23-14-10-7-11-15-23;1-18-21(4,17-13-14-10-11-15(17)12-14)19-20(2,3)16-8-6-5-7-9-16;1-11-12(2,3)10-7-8-4-5-9(10)6-8;1-2-3-9-6-8-4-5-10(9)7-8/h5-14,17,19,22,26H,15-16,18H2,1-4H3;6-17,20-21,24H,18-19H2,1-5H3;5-11,14-15,17H,12-13H2,1-4H3;4-5,8-10H,6-7H2,1-3H3;4-5,8-10H,2-3,6-7H2,1H3. The smallest absolute Gasteiger partial charge is 0.436 e. The average molecular weight is 1520 g/mol. The summed E-state index contributed by atoms with van der Waals surface area (Å²) < 4.78 is 52.9. The summed E-state index contributed by atoms with van der Waals surface area (Å²) in [6.45, 7) is 32.9. The first-order valence-electron chi connectivity index (χ1n) is 39.6. The third kappa shape index (κ3) is 18.1. The summed E-state index contributed by atoms with van der Waals surface area (Å²) in [5.74, 6) is 8.91. The zero-order valence-electron chi connectivity index (χ0n) is 65.7. The van der Waals surface area contributed by atoms with Crippen LogP contribution in [0.4, 0.5) is 0 Å². The molecule has 8 nitrogen and oxygen atoms in total. The Bertz CT molecular complexity index is 3840. The van der Waals surface area contributed by atoms with Gasteiger partial charge in [0.2, 0.25) is 25.0 Å². The van der Waals surface area contributed by atoms with Gasteiger partial charge in [-0.2, -0.15) is 0 Å². The highest BCUT2D eigenvalue weighted by Crippen LogP contribution is 2.56. The van der Waals surface area contributed by atoms with Gasteiger partial charge in [-0.3, -0.25) is 0 Å². The lowest BCUT2D eigenvalue weighted by atomic mass is 9.90. The van der Waals surface area contributed by atoms with E-state index >= 15 is 0 Å². The second-order valence-electron chi connectivity index (χ2n) is 35.3. The van der Waals surface area contributed by atoms with Gasteiger partial charge in [-0.25, -0.2) is 0 Å². The normalized spacial score (nSPS) is 28.8. The van der Waals surface area contributed by atoms with Gasteiger partial charge in [0.25, 0.3) is 0 Å². The molecule has 0 spiro atoms. The molecule has 103 heavy (non-hydrogen) atoms. The predicted molar refractivity (Wildman–Crippen MR) is 452 cm³/mol. The van der Waals surface area contributed by atoms with Crippen molar-refractivity contribution < 1.29 is 34.2 Å². The minimum absolute atomic E-state index is 0.350. The minimum Gasteiger partial charge on any atom is -0.436 e. The number of hydrogen-bond acceptors (Lipinski definition) is 8. The first kappa shape index (κ1) is 78.5. The Morgan fingerprint density at radius 1 is 0.340 bits per heavy atom. The second-order valence-corrected chi connectivity index (χ2v) is 66.3. The van der Waals surface area contributed by atoms with E-state index in [1.807, 2.05) is 21.3 Å². The topological polar surface area (TPSA) is 73.8 Å². The van der Waals surface area contributed by atoms with Crippen molar-refractivity contribution in [2.75, 3.05) is 21.3 Å². The van der Waals surface area contributed by atoms with Gasteiger partial charge in [-0.15, -0.1) is 0 Å². The summed E-state index contributed by atoms with van der Waals surface area (Å²) >= 11 is 0.